The minimum Gasteiger partial charge on any atom is -0.462 e. The van der Waals surface area contributed by atoms with Crippen molar-refractivity contribution in [2.24, 2.45) is 28.6 Å². The molecule has 1 aromatic carbocycles. The zero-order valence-corrected chi connectivity index (χ0v) is 19.8. The number of fused-ring (bicyclic) bond motifs is 5. The quantitative estimate of drug-likeness (QED) is 0.463. The fourth-order valence-electron chi connectivity index (χ4n) is 7.58. The summed E-state index contributed by atoms with van der Waals surface area (Å²) in [5.41, 5.74) is 1.47. The molecule has 5 heteroatoms. The maximum atomic E-state index is 13.1. The Morgan fingerprint density at radius 3 is 2.36 bits per heavy atom. The van der Waals surface area contributed by atoms with Crippen LogP contribution in [0.25, 0.3) is 0 Å². The molecule has 0 saturated heterocycles. The Labute approximate surface area is 195 Å². The molecule has 1 unspecified atom stereocenters. The van der Waals surface area contributed by atoms with Crippen LogP contribution in [0.2, 0.25) is 0 Å². The summed E-state index contributed by atoms with van der Waals surface area (Å²) in [5, 5.41) is 0. The molecule has 176 valence electrons. The number of hydrogen-bond acceptors (Lipinski definition) is 5. The average Bonchev–Trinajstić information content (AvgIpc) is 3.09. The first-order valence-electron chi connectivity index (χ1n) is 12.4. The topological polar surface area (TPSA) is 69.7 Å². The predicted molar refractivity (Wildman–Crippen MR) is 123 cm³/mol. The molecular weight excluding hydrogens is 416 g/mol. The molecule has 3 saturated carbocycles. The van der Waals surface area contributed by atoms with Crippen LogP contribution in [0.5, 0.6) is 0 Å². The van der Waals surface area contributed by atoms with Crippen molar-refractivity contribution in [1.82, 2.24) is 0 Å². The highest BCUT2D eigenvalue weighted by Crippen LogP contribution is 2.64. The third-order valence-electron chi connectivity index (χ3n) is 9.36. The van der Waals surface area contributed by atoms with E-state index < -0.39 is 0 Å². The second-order valence-corrected chi connectivity index (χ2v) is 11.0. The Morgan fingerprint density at radius 2 is 1.64 bits per heavy atom. The Kier molecular flexibility index (Phi) is 5.49. The van der Waals surface area contributed by atoms with Crippen molar-refractivity contribution in [2.45, 2.75) is 77.9 Å². The summed E-state index contributed by atoms with van der Waals surface area (Å²) in [4.78, 5) is 37.6. The third-order valence-corrected chi connectivity index (χ3v) is 9.36. The van der Waals surface area contributed by atoms with Gasteiger partial charge in [0.2, 0.25) is 0 Å². The molecule has 33 heavy (non-hydrogen) atoms. The van der Waals surface area contributed by atoms with Crippen molar-refractivity contribution < 1.29 is 23.9 Å². The molecular formula is C28H34O5. The number of benzene rings is 1. The van der Waals surface area contributed by atoms with E-state index >= 15 is 0 Å². The maximum Gasteiger partial charge on any atom is 0.338 e. The van der Waals surface area contributed by atoms with E-state index in [0.29, 0.717) is 30.1 Å². The molecule has 0 heterocycles. The summed E-state index contributed by atoms with van der Waals surface area (Å²) in [6, 6.07) is 9.12. The van der Waals surface area contributed by atoms with Gasteiger partial charge in [0.1, 0.15) is 18.0 Å². The van der Waals surface area contributed by atoms with Crippen LogP contribution >= 0.6 is 0 Å². The van der Waals surface area contributed by atoms with Gasteiger partial charge in [0, 0.05) is 31.1 Å². The molecule has 0 radical (unpaired) electrons. The van der Waals surface area contributed by atoms with Crippen molar-refractivity contribution in [3.8, 4) is 0 Å². The zero-order valence-electron chi connectivity index (χ0n) is 19.8. The van der Waals surface area contributed by atoms with Crippen molar-refractivity contribution in [3.05, 3.63) is 47.5 Å². The van der Waals surface area contributed by atoms with Gasteiger partial charge in [-0.2, -0.15) is 0 Å². The molecule has 7 atom stereocenters. The van der Waals surface area contributed by atoms with Crippen LogP contribution in [0.1, 0.15) is 76.1 Å². The van der Waals surface area contributed by atoms with Crippen LogP contribution in [0.15, 0.2) is 42.0 Å². The average molecular weight is 451 g/mol. The molecule has 4 aliphatic rings. The van der Waals surface area contributed by atoms with Crippen LogP contribution in [0.3, 0.4) is 0 Å². The lowest BCUT2D eigenvalue weighted by atomic mass is 9.47. The second-order valence-electron chi connectivity index (χ2n) is 11.0. The van der Waals surface area contributed by atoms with Gasteiger partial charge in [-0.1, -0.05) is 37.6 Å². The molecule has 1 aromatic rings. The summed E-state index contributed by atoms with van der Waals surface area (Å²) < 4.78 is 11.8. The highest BCUT2D eigenvalue weighted by Gasteiger charge is 2.61. The van der Waals surface area contributed by atoms with Crippen LogP contribution < -0.4 is 0 Å². The van der Waals surface area contributed by atoms with Gasteiger partial charge < -0.3 is 9.47 Å². The summed E-state index contributed by atoms with van der Waals surface area (Å²) in [5.74, 6) is 0.539. The van der Waals surface area contributed by atoms with Gasteiger partial charge in [-0.3, -0.25) is 9.59 Å². The Hall–Kier alpha value is -2.43. The Bertz CT molecular complexity index is 997. The Balaban J connectivity index is 1.52. The van der Waals surface area contributed by atoms with Crippen LogP contribution in [-0.2, 0) is 19.1 Å². The smallest absolute Gasteiger partial charge is 0.338 e. The predicted octanol–water partition coefficient (Wildman–Crippen LogP) is 5.29. The highest BCUT2D eigenvalue weighted by atomic mass is 16.5. The first-order valence-corrected chi connectivity index (χ1v) is 12.4. The Morgan fingerprint density at radius 1 is 0.939 bits per heavy atom. The van der Waals surface area contributed by atoms with Gasteiger partial charge in [-0.25, -0.2) is 4.79 Å². The first-order chi connectivity index (χ1) is 15.7. The van der Waals surface area contributed by atoms with Crippen LogP contribution in [-0.4, -0.2) is 29.9 Å². The van der Waals surface area contributed by atoms with E-state index in [9.17, 15) is 14.4 Å². The number of hydrogen-bond donors (Lipinski definition) is 0. The first kappa shape index (κ1) is 22.4. The minimum atomic E-state index is -0.364. The van der Waals surface area contributed by atoms with E-state index in [-0.39, 0.29) is 46.8 Å². The summed E-state index contributed by atoms with van der Waals surface area (Å²) >= 11 is 0. The summed E-state index contributed by atoms with van der Waals surface area (Å²) in [7, 11) is 0. The fraction of sp³-hybridized carbons (Fsp3) is 0.607. The minimum absolute atomic E-state index is 0.00998. The maximum absolute atomic E-state index is 13.1. The van der Waals surface area contributed by atoms with Crippen LogP contribution in [0.4, 0.5) is 0 Å². The van der Waals surface area contributed by atoms with Crippen molar-refractivity contribution in [3.63, 3.8) is 0 Å². The molecule has 0 N–H and O–H groups in total. The molecule has 3 fully saturated rings. The number of rotatable bonds is 3. The monoisotopic (exact) mass is 450 g/mol. The number of Topliss-reactive ketones (excluding diaryl/α,β-unsaturated/α-hetero) is 1. The number of ether oxygens (including phenoxy) is 2. The van der Waals surface area contributed by atoms with E-state index in [1.54, 1.807) is 12.1 Å². The van der Waals surface area contributed by atoms with E-state index in [1.165, 1.54) is 12.5 Å². The molecule has 0 bridgehead atoms. The third kappa shape index (κ3) is 3.64. The van der Waals surface area contributed by atoms with Gasteiger partial charge in [0.25, 0.3) is 0 Å². The highest BCUT2D eigenvalue weighted by molar-refractivity contribution is 5.89. The summed E-state index contributed by atoms with van der Waals surface area (Å²) in [6.45, 7) is 5.94. The van der Waals surface area contributed by atoms with Gasteiger partial charge in [0.05, 0.1) is 5.56 Å². The number of carbonyl (C=O) groups excluding carboxylic acids is 3. The van der Waals surface area contributed by atoms with Crippen molar-refractivity contribution in [1.29, 1.82) is 0 Å². The van der Waals surface area contributed by atoms with E-state index in [2.05, 4.69) is 19.9 Å². The zero-order chi connectivity index (χ0) is 23.4. The normalized spacial score (nSPS) is 39.5. The molecule has 0 spiro atoms. The SMILES string of the molecule is CC(=O)O[C@H]1CC[C@@]2(C)C(=CC(OC(=O)c3ccccc3)[C@@H]3[C@@H]2CC[C@]2(C)C(=O)CC[C@@H]32)C1. The van der Waals surface area contributed by atoms with E-state index in [4.69, 9.17) is 9.47 Å². The molecule has 4 aliphatic carbocycles. The lowest BCUT2D eigenvalue weighted by Crippen LogP contribution is -2.55. The number of esters is 2. The van der Waals surface area contributed by atoms with E-state index in [0.717, 1.165) is 32.1 Å². The summed E-state index contributed by atoms with van der Waals surface area (Å²) in [6.07, 6.45) is 7.56. The molecule has 5 rings (SSSR count). The van der Waals surface area contributed by atoms with Crippen LogP contribution in [0, 0.1) is 28.6 Å². The molecule has 0 aromatic heterocycles. The fourth-order valence-corrected chi connectivity index (χ4v) is 7.58. The van der Waals surface area contributed by atoms with Gasteiger partial charge in [0.15, 0.2) is 0 Å². The second kappa shape index (κ2) is 8.11. The largest absolute Gasteiger partial charge is 0.462 e. The molecule has 0 aliphatic heterocycles. The van der Waals surface area contributed by atoms with Gasteiger partial charge >= 0.3 is 11.9 Å². The lowest BCUT2D eigenvalue weighted by Gasteiger charge is -2.58. The van der Waals surface area contributed by atoms with E-state index in [1.807, 2.05) is 18.2 Å². The van der Waals surface area contributed by atoms with Crippen molar-refractivity contribution in [2.75, 3.05) is 0 Å². The number of carbonyl (C=O) groups is 3. The van der Waals surface area contributed by atoms with Gasteiger partial charge in [-0.15, -0.1) is 0 Å². The number of ketones is 1. The van der Waals surface area contributed by atoms with Gasteiger partial charge in [-0.05, 0) is 67.6 Å². The lowest BCUT2D eigenvalue weighted by molar-refractivity contribution is -0.149. The van der Waals surface area contributed by atoms with Crippen molar-refractivity contribution >= 4 is 17.7 Å². The standard InChI is InChI=1S/C28H34O5/c1-17(29)32-20-11-13-27(2)19(15-20)16-23(33-26(31)18-7-5-4-6-8-18)25-21-9-10-24(30)28(21,3)14-12-22(25)27/h4-8,16,20-23,25H,9-15H2,1-3H3/t20-,21-,22-,23?,25-,27-,28-/m0/s1. The molecule has 0 amide bonds. The molecule has 5 nitrogen and oxygen atoms in total.